The number of rotatable bonds is 2. The zero-order valence-corrected chi connectivity index (χ0v) is 13.9. The lowest BCUT2D eigenvalue weighted by atomic mass is 10.2. The van der Waals surface area contributed by atoms with Crippen LogP contribution in [0, 0.1) is 0 Å². The Morgan fingerprint density at radius 1 is 0.842 bits per heavy atom. The van der Waals surface area contributed by atoms with Gasteiger partial charge in [0.1, 0.15) is 0 Å². The predicted octanol–water partition coefficient (Wildman–Crippen LogP) is 4.66. The van der Waals surface area contributed by atoms with E-state index in [0.29, 0.717) is 0 Å². The molecule has 0 radical (unpaired) electrons. The summed E-state index contributed by atoms with van der Waals surface area (Å²) in [4.78, 5) is 0. The van der Waals surface area contributed by atoms with Gasteiger partial charge in [-0.25, -0.2) is 0 Å². The third kappa shape index (κ3) is 3.22. The molecule has 0 aliphatic carbocycles. The van der Waals surface area contributed by atoms with Gasteiger partial charge in [0, 0.05) is 0 Å². The van der Waals surface area contributed by atoms with Gasteiger partial charge in [-0.3, -0.25) is 0 Å². The molecule has 2 heteroatoms. The van der Waals surface area contributed by atoms with Gasteiger partial charge in [-0.05, 0) is 60.4 Å². The Morgan fingerprint density at radius 3 is 2.26 bits per heavy atom. The first kappa shape index (κ1) is 14.0. The van der Waals surface area contributed by atoms with Crippen LogP contribution in [0.1, 0.15) is 45.4 Å². The smallest absolute Gasteiger partial charge is 0.0161 e. The van der Waals surface area contributed by atoms with Crippen LogP contribution < -0.4 is 10.6 Å². The summed E-state index contributed by atoms with van der Waals surface area (Å²) in [6, 6.07) is 9.55. The van der Waals surface area contributed by atoms with E-state index in [1.165, 1.54) is 57.0 Å². The van der Waals surface area contributed by atoms with Crippen LogP contribution in [0.4, 0.5) is 0 Å². The summed E-state index contributed by atoms with van der Waals surface area (Å²) in [5.74, 6) is 0. The zero-order chi connectivity index (χ0) is 13.1. The molecule has 3 rings (SSSR count). The van der Waals surface area contributed by atoms with Crippen molar-refractivity contribution in [1.82, 2.24) is 0 Å². The van der Waals surface area contributed by atoms with E-state index in [4.69, 9.17) is 0 Å². The lowest BCUT2D eigenvalue weighted by Gasteiger charge is -2.33. The van der Waals surface area contributed by atoms with Crippen molar-refractivity contribution in [1.29, 1.82) is 0 Å². The van der Waals surface area contributed by atoms with Gasteiger partial charge >= 0.3 is 0 Å². The fourth-order valence-electron chi connectivity index (χ4n) is 3.57. The molecule has 0 N–H and O–H groups in total. The third-order valence-corrected chi connectivity index (χ3v) is 10.8. The van der Waals surface area contributed by atoms with Crippen molar-refractivity contribution in [2.24, 2.45) is 0 Å². The first-order valence-electron chi connectivity index (χ1n) is 7.97. The van der Waals surface area contributed by atoms with Crippen molar-refractivity contribution in [3.8, 4) is 0 Å². The van der Waals surface area contributed by atoms with Crippen LogP contribution in [0.2, 0.25) is 0 Å². The largest absolute Gasteiger partial charge is 0.0746 e. The van der Waals surface area contributed by atoms with E-state index in [1.54, 1.807) is 10.6 Å². The fourth-order valence-corrected chi connectivity index (χ4v) is 9.85. The highest BCUT2D eigenvalue weighted by Gasteiger charge is 2.26. The Labute approximate surface area is 120 Å². The van der Waals surface area contributed by atoms with Gasteiger partial charge in [0.25, 0.3) is 0 Å². The van der Waals surface area contributed by atoms with E-state index in [2.05, 4.69) is 31.2 Å². The van der Waals surface area contributed by atoms with E-state index < -0.39 is 0 Å². The summed E-state index contributed by atoms with van der Waals surface area (Å²) in [6.07, 6.45) is 13.4. The Balaban J connectivity index is 1.87. The van der Waals surface area contributed by atoms with Crippen LogP contribution in [0.5, 0.6) is 0 Å². The van der Waals surface area contributed by atoms with Crippen molar-refractivity contribution < 1.29 is 0 Å². The molecule has 0 aromatic heterocycles. The number of hydrogen-bond acceptors (Lipinski definition) is 0. The van der Waals surface area contributed by atoms with Gasteiger partial charge in [0.2, 0.25) is 0 Å². The molecule has 0 amide bonds. The van der Waals surface area contributed by atoms with Crippen molar-refractivity contribution in [3.63, 3.8) is 0 Å². The SMILES string of the molecule is CC1CCCCP1c1ccccc1P1CCCCC1. The molecule has 2 heterocycles. The van der Waals surface area contributed by atoms with Gasteiger partial charge < -0.3 is 0 Å². The van der Waals surface area contributed by atoms with E-state index in [1.807, 2.05) is 0 Å². The molecule has 2 atom stereocenters. The first-order chi connectivity index (χ1) is 9.36. The Hall–Kier alpha value is 0.0800. The second-order valence-electron chi connectivity index (χ2n) is 6.07. The first-order valence-corrected chi connectivity index (χ1v) is 11.3. The summed E-state index contributed by atoms with van der Waals surface area (Å²) in [5, 5.41) is 3.61. The van der Waals surface area contributed by atoms with Crippen molar-refractivity contribution >= 4 is 26.5 Å². The van der Waals surface area contributed by atoms with Crippen LogP contribution in [0.15, 0.2) is 24.3 Å². The highest BCUT2D eigenvalue weighted by molar-refractivity contribution is 7.72. The van der Waals surface area contributed by atoms with Crippen molar-refractivity contribution in [2.75, 3.05) is 18.5 Å². The molecule has 2 unspecified atom stereocenters. The molecule has 2 fully saturated rings. The Bertz CT molecular complexity index is 409. The van der Waals surface area contributed by atoms with E-state index in [9.17, 15) is 0 Å². The van der Waals surface area contributed by atoms with Crippen molar-refractivity contribution in [3.05, 3.63) is 24.3 Å². The molecule has 1 aromatic rings. The fraction of sp³-hybridized carbons (Fsp3) is 0.647. The molecular weight excluding hydrogens is 266 g/mol. The van der Waals surface area contributed by atoms with Crippen LogP contribution in [-0.2, 0) is 0 Å². The molecule has 0 saturated carbocycles. The van der Waals surface area contributed by atoms with Gasteiger partial charge in [-0.1, -0.05) is 59.9 Å². The lowest BCUT2D eigenvalue weighted by molar-refractivity contribution is 0.682. The average molecular weight is 292 g/mol. The number of benzene rings is 1. The second-order valence-corrected chi connectivity index (χ2v) is 11.3. The quantitative estimate of drug-likeness (QED) is 0.696. The maximum Gasteiger partial charge on any atom is -0.0161 e. The van der Waals surface area contributed by atoms with E-state index in [-0.39, 0.29) is 15.8 Å². The van der Waals surface area contributed by atoms with Gasteiger partial charge in [0.05, 0.1) is 0 Å². The molecule has 19 heavy (non-hydrogen) atoms. The molecule has 1 aromatic carbocycles. The monoisotopic (exact) mass is 292 g/mol. The zero-order valence-electron chi connectivity index (χ0n) is 12.1. The minimum absolute atomic E-state index is 0.143. The third-order valence-electron chi connectivity index (χ3n) is 4.69. The standard InChI is InChI=1S/C17H26P2/c1-15-9-5-8-14-19(15)17-11-4-3-10-16(17)18-12-6-2-7-13-18/h3-4,10-11,15H,2,5-9,12-14H2,1H3. The van der Waals surface area contributed by atoms with Crippen molar-refractivity contribution in [2.45, 2.75) is 51.1 Å². The maximum atomic E-state index is 2.51. The summed E-state index contributed by atoms with van der Waals surface area (Å²) >= 11 is 0. The van der Waals surface area contributed by atoms with Crippen LogP contribution in [0.25, 0.3) is 0 Å². The van der Waals surface area contributed by atoms with Crippen LogP contribution in [-0.4, -0.2) is 24.1 Å². The normalized spacial score (nSPS) is 29.3. The minimum atomic E-state index is 0.143. The molecule has 0 bridgehead atoms. The lowest BCUT2D eigenvalue weighted by Crippen LogP contribution is -2.29. The minimum Gasteiger partial charge on any atom is -0.0746 e. The Morgan fingerprint density at radius 2 is 1.53 bits per heavy atom. The van der Waals surface area contributed by atoms with E-state index >= 15 is 0 Å². The van der Waals surface area contributed by atoms with Gasteiger partial charge in [-0.15, -0.1) is 0 Å². The summed E-state index contributed by atoms with van der Waals surface area (Å²) in [7, 11) is 0.327. The highest BCUT2D eigenvalue weighted by atomic mass is 31.1. The predicted molar refractivity (Wildman–Crippen MR) is 91.3 cm³/mol. The summed E-state index contributed by atoms with van der Waals surface area (Å²) in [5.41, 5.74) is 0.963. The molecule has 2 saturated heterocycles. The molecule has 104 valence electrons. The van der Waals surface area contributed by atoms with Gasteiger partial charge in [-0.2, -0.15) is 0 Å². The van der Waals surface area contributed by atoms with Gasteiger partial charge in [0.15, 0.2) is 0 Å². The average Bonchev–Trinajstić information content (AvgIpc) is 2.49. The highest BCUT2D eigenvalue weighted by Crippen LogP contribution is 2.49. The van der Waals surface area contributed by atoms with Crippen LogP contribution >= 0.6 is 15.8 Å². The topological polar surface area (TPSA) is 0 Å². The summed E-state index contributed by atoms with van der Waals surface area (Å²) in [6.45, 7) is 2.51. The molecule has 2 aliphatic rings. The van der Waals surface area contributed by atoms with Crippen LogP contribution in [0.3, 0.4) is 0 Å². The summed E-state index contributed by atoms with van der Waals surface area (Å²) < 4.78 is 0. The Kier molecular flexibility index (Phi) is 4.94. The molecule has 0 nitrogen and oxygen atoms in total. The molecule has 0 spiro atoms. The maximum absolute atomic E-state index is 2.51. The second kappa shape index (κ2) is 6.69. The number of hydrogen-bond donors (Lipinski definition) is 0. The molecule has 2 aliphatic heterocycles. The molecular formula is C17H26P2. The van der Waals surface area contributed by atoms with E-state index in [0.717, 1.165) is 5.66 Å².